The second-order valence-corrected chi connectivity index (χ2v) is 8.89. The molecule has 0 fully saturated rings. The summed E-state index contributed by atoms with van der Waals surface area (Å²) in [7, 11) is -1.96. The lowest BCUT2D eigenvalue weighted by atomic mass is 9.99. The van der Waals surface area contributed by atoms with Gasteiger partial charge in [-0.25, -0.2) is 13.2 Å². The molecule has 1 N–H and O–H groups in total. The van der Waals surface area contributed by atoms with Crippen LogP contribution in [0.15, 0.2) is 18.2 Å². The fraction of sp³-hybridized carbons (Fsp3) is 0.588. The van der Waals surface area contributed by atoms with Crippen LogP contribution in [-0.2, 0) is 32.5 Å². The Morgan fingerprint density at radius 3 is 2.64 bits per heavy atom. The van der Waals surface area contributed by atoms with E-state index in [0.717, 1.165) is 11.1 Å². The van der Waals surface area contributed by atoms with E-state index in [-0.39, 0.29) is 18.5 Å². The molecule has 1 aliphatic rings. The van der Waals surface area contributed by atoms with Crippen LogP contribution in [0, 0.1) is 0 Å². The van der Waals surface area contributed by atoms with Crippen LogP contribution in [-0.4, -0.2) is 51.0 Å². The molecule has 1 aromatic rings. The van der Waals surface area contributed by atoms with Crippen LogP contribution in [0.1, 0.15) is 31.9 Å². The zero-order chi connectivity index (χ0) is 18.7. The molecule has 0 saturated heterocycles. The topological polar surface area (TPSA) is 84.9 Å². The number of hydrogen-bond acceptors (Lipinski definition) is 5. The standard InChI is InChI=1S/C17H26N2O5S/c1-17(2,3)24-16(20)19-8-7-13-11-15(6-5-14(13)12-19)18-25(21,22)10-9-23-4/h5-6,11,18H,7-10,12H2,1-4H3. The lowest BCUT2D eigenvalue weighted by molar-refractivity contribution is 0.0224. The molecule has 0 unspecified atom stereocenters. The Hall–Kier alpha value is -1.80. The quantitative estimate of drug-likeness (QED) is 0.860. The SMILES string of the molecule is COCCS(=O)(=O)Nc1ccc2c(c1)CCN(C(=O)OC(C)(C)C)C2. The van der Waals surface area contributed by atoms with Crippen molar-refractivity contribution in [3.63, 3.8) is 0 Å². The number of amides is 1. The molecule has 7 nitrogen and oxygen atoms in total. The van der Waals surface area contributed by atoms with E-state index in [4.69, 9.17) is 9.47 Å². The van der Waals surface area contributed by atoms with E-state index in [2.05, 4.69) is 4.72 Å². The Balaban J connectivity index is 2.05. The van der Waals surface area contributed by atoms with Gasteiger partial charge in [-0.15, -0.1) is 0 Å². The fourth-order valence-electron chi connectivity index (χ4n) is 2.52. The molecule has 0 aliphatic carbocycles. The number of fused-ring (bicyclic) bond motifs is 1. The number of sulfonamides is 1. The molecular weight excluding hydrogens is 344 g/mol. The zero-order valence-corrected chi connectivity index (χ0v) is 16.0. The second kappa shape index (κ2) is 7.61. The third-order valence-electron chi connectivity index (χ3n) is 3.70. The third kappa shape index (κ3) is 5.89. The summed E-state index contributed by atoms with van der Waals surface area (Å²) in [6.45, 7) is 6.66. The highest BCUT2D eigenvalue weighted by Crippen LogP contribution is 2.24. The number of benzene rings is 1. The van der Waals surface area contributed by atoms with E-state index < -0.39 is 15.6 Å². The lowest BCUT2D eigenvalue weighted by Gasteiger charge is -2.31. The van der Waals surface area contributed by atoms with Gasteiger partial charge in [0.2, 0.25) is 10.0 Å². The number of anilines is 1. The predicted molar refractivity (Wildman–Crippen MR) is 96.1 cm³/mol. The molecular formula is C17H26N2O5S. The molecule has 1 aromatic carbocycles. The summed E-state index contributed by atoms with van der Waals surface area (Å²) in [5, 5.41) is 0. The normalized spacial score (nSPS) is 14.8. The summed E-state index contributed by atoms with van der Waals surface area (Å²) in [6, 6.07) is 5.38. The lowest BCUT2D eigenvalue weighted by Crippen LogP contribution is -2.39. The van der Waals surface area contributed by atoms with Gasteiger partial charge in [-0.2, -0.15) is 0 Å². The van der Waals surface area contributed by atoms with Gasteiger partial charge in [0.1, 0.15) is 5.60 Å². The molecule has 8 heteroatoms. The van der Waals surface area contributed by atoms with E-state index in [1.807, 2.05) is 32.9 Å². The van der Waals surface area contributed by atoms with Crippen LogP contribution in [0.2, 0.25) is 0 Å². The van der Waals surface area contributed by atoms with Crippen molar-refractivity contribution in [2.75, 3.05) is 30.7 Å². The van der Waals surface area contributed by atoms with Gasteiger partial charge in [0.05, 0.1) is 12.4 Å². The van der Waals surface area contributed by atoms with Gasteiger partial charge in [0.25, 0.3) is 0 Å². The number of nitrogens with zero attached hydrogens (tertiary/aromatic N) is 1. The minimum atomic E-state index is -3.43. The first-order chi connectivity index (χ1) is 11.6. The molecule has 140 valence electrons. The van der Waals surface area contributed by atoms with E-state index >= 15 is 0 Å². The molecule has 0 atom stereocenters. The van der Waals surface area contributed by atoms with Crippen molar-refractivity contribution in [2.45, 2.75) is 39.3 Å². The first-order valence-electron chi connectivity index (χ1n) is 8.19. The first kappa shape index (κ1) is 19.5. The number of nitrogens with one attached hydrogen (secondary N) is 1. The highest BCUT2D eigenvalue weighted by Gasteiger charge is 2.26. The molecule has 2 rings (SSSR count). The summed E-state index contributed by atoms with van der Waals surface area (Å²) in [6.07, 6.45) is 0.324. The van der Waals surface area contributed by atoms with Gasteiger partial charge < -0.3 is 14.4 Å². The maximum atomic E-state index is 12.2. The number of ether oxygens (including phenoxy) is 2. The molecule has 1 heterocycles. The molecule has 1 aliphatic heterocycles. The van der Waals surface area contributed by atoms with Gasteiger partial charge in [-0.1, -0.05) is 6.07 Å². The minimum absolute atomic E-state index is 0.0903. The van der Waals surface area contributed by atoms with Crippen LogP contribution >= 0.6 is 0 Å². The van der Waals surface area contributed by atoms with Crippen molar-refractivity contribution >= 4 is 21.8 Å². The Morgan fingerprint density at radius 1 is 1.28 bits per heavy atom. The maximum Gasteiger partial charge on any atom is 0.410 e. The van der Waals surface area contributed by atoms with Gasteiger partial charge in [0, 0.05) is 25.9 Å². The Kier molecular flexibility index (Phi) is 5.95. The van der Waals surface area contributed by atoms with Gasteiger partial charge in [-0.3, -0.25) is 4.72 Å². The number of carbonyl (C=O) groups excluding carboxylic acids is 1. The van der Waals surface area contributed by atoms with Crippen molar-refractivity contribution in [2.24, 2.45) is 0 Å². The first-order valence-corrected chi connectivity index (χ1v) is 9.84. The minimum Gasteiger partial charge on any atom is -0.444 e. The number of carbonyl (C=O) groups is 1. The summed E-state index contributed by atoms with van der Waals surface area (Å²) in [5.41, 5.74) is 2.03. The third-order valence-corrected chi connectivity index (χ3v) is 4.95. The van der Waals surface area contributed by atoms with E-state index in [1.165, 1.54) is 7.11 Å². The monoisotopic (exact) mass is 370 g/mol. The molecule has 0 bridgehead atoms. The zero-order valence-electron chi connectivity index (χ0n) is 15.2. The highest BCUT2D eigenvalue weighted by atomic mass is 32.2. The smallest absolute Gasteiger partial charge is 0.410 e. The number of methoxy groups -OCH3 is 1. The van der Waals surface area contributed by atoms with E-state index in [1.54, 1.807) is 11.0 Å². The number of rotatable bonds is 5. The van der Waals surface area contributed by atoms with Crippen LogP contribution in [0.5, 0.6) is 0 Å². The average Bonchev–Trinajstić information content (AvgIpc) is 2.50. The van der Waals surface area contributed by atoms with E-state index in [9.17, 15) is 13.2 Å². The maximum absolute atomic E-state index is 12.2. The van der Waals surface area contributed by atoms with Crippen molar-refractivity contribution in [3.8, 4) is 0 Å². The van der Waals surface area contributed by atoms with E-state index in [0.29, 0.717) is 25.2 Å². The summed E-state index contributed by atoms with van der Waals surface area (Å²) >= 11 is 0. The van der Waals surface area contributed by atoms with Crippen molar-refractivity contribution in [1.29, 1.82) is 0 Å². The molecule has 1 amide bonds. The molecule has 0 saturated carbocycles. The van der Waals surface area contributed by atoms with Crippen LogP contribution < -0.4 is 4.72 Å². The predicted octanol–water partition coefficient (Wildman–Crippen LogP) is 2.37. The van der Waals surface area contributed by atoms with Crippen LogP contribution in [0.3, 0.4) is 0 Å². The van der Waals surface area contributed by atoms with Gasteiger partial charge in [0.15, 0.2) is 0 Å². The molecule has 25 heavy (non-hydrogen) atoms. The van der Waals surface area contributed by atoms with Gasteiger partial charge >= 0.3 is 6.09 Å². The van der Waals surface area contributed by atoms with Crippen LogP contribution in [0.25, 0.3) is 0 Å². The largest absolute Gasteiger partial charge is 0.444 e. The Morgan fingerprint density at radius 2 is 2.00 bits per heavy atom. The van der Waals surface area contributed by atoms with Crippen molar-refractivity contribution < 1.29 is 22.7 Å². The summed E-state index contributed by atoms with van der Waals surface area (Å²) in [4.78, 5) is 13.8. The summed E-state index contributed by atoms with van der Waals surface area (Å²) < 4.78 is 36.6. The molecule has 0 aromatic heterocycles. The molecule has 0 radical (unpaired) electrons. The number of hydrogen-bond donors (Lipinski definition) is 1. The average molecular weight is 370 g/mol. The van der Waals surface area contributed by atoms with Crippen LogP contribution in [0.4, 0.5) is 10.5 Å². The fourth-order valence-corrected chi connectivity index (χ4v) is 3.50. The Bertz CT molecular complexity index is 725. The van der Waals surface area contributed by atoms with Gasteiger partial charge in [-0.05, 0) is 50.5 Å². The second-order valence-electron chi connectivity index (χ2n) is 7.05. The summed E-state index contributed by atoms with van der Waals surface area (Å²) in [5.74, 6) is -0.0903. The van der Waals surface area contributed by atoms with Crippen molar-refractivity contribution in [1.82, 2.24) is 4.90 Å². The highest BCUT2D eigenvalue weighted by molar-refractivity contribution is 7.92. The van der Waals surface area contributed by atoms with Crippen molar-refractivity contribution in [3.05, 3.63) is 29.3 Å². The Labute approximate surface area is 149 Å². The molecule has 0 spiro atoms.